The van der Waals surface area contributed by atoms with Crippen molar-refractivity contribution in [1.82, 2.24) is 6.15 Å². The summed E-state index contributed by atoms with van der Waals surface area (Å²) in [5.41, 5.74) is 0. The van der Waals surface area contributed by atoms with E-state index in [2.05, 4.69) is 0 Å². The Balaban J connectivity index is -0.0000000383. The van der Waals surface area contributed by atoms with E-state index in [1.807, 2.05) is 0 Å². The van der Waals surface area contributed by atoms with Gasteiger partial charge in [0.1, 0.15) is 0 Å². The molecule has 0 unspecified atom stereocenters. The summed E-state index contributed by atoms with van der Waals surface area (Å²) >= 11 is 0. The number of hydrogen-bond acceptors (Lipinski definition) is 6. The topological polar surface area (TPSA) is 169 Å². The van der Waals surface area contributed by atoms with Crippen LogP contribution in [0.2, 0.25) is 0 Å². The molecule has 11 heavy (non-hydrogen) atoms. The van der Waals surface area contributed by atoms with Gasteiger partial charge in [-0.05, 0) is 6.92 Å². The Kier molecular flexibility index (Phi) is 21.7. The molecular formula is C2H7ClNNaO6. The zero-order chi connectivity index (χ0) is 8.08. The summed E-state index contributed by atoms with van der Waals surface area (Å²) in [6.45, 7) is 0.972. The number of quaternary nitrogens is 1. The minimum Gasteiger partial charge on any atom is -0.550 e. The van der Waals surface area contributed by atoms with Gasteiger partial charge in [-0.1, -0.05) is 0 Å². The van der Waals surface area contributed by atoms with E-state index in [9.17, 15) is 0 Å². The van der Waals surface area contributed by atoms with Gasteiger partial charge in [0, 0.05) is 5.97 Å². The van der Waals surface area contributed by atoms with Crippen LogP contribution in [0.5, 0.6) is 0 Å². The minimum absolute atomic E-state index is 0. The fourth-order valence-electron chi connectivity index (χ4n) is 0. The number of hydrogen-bond donors (Lipinski definition) is 1. The predicted molar refractivity (Wildman–Crippen MR) is 16.7 cm³/mol. The first-order chi connectivity index (χ1) is 3.73. The Morgan fingerprint density at radius 1 is 1.18 bits per heavy atom. The third kappa shape index (κ3) is 2470. The molecule has 64 valence electrons. The van der Waals surface area contributed by atoms with E-state index < -0.39 is 16.2 Å². The predicted octanol–water partition coefficient (Wildman–Crippen LogP) is -8.62. The number of halogens is 1. The second-order valence-electron chi connectivity index (χ2n) is 0.870. The van der Waals surface area contributed by atoms with Crippen LogP contribution in [0.4, 0.5) is 0 Å². The standard InChI is InChI=1S/C2H4O2.ClHO4.H3N.Na/c1-2(3)4;2-1(3,4)5;;/h1H3,(H,3,4);(H,2,3,4,5);1H3;/q;;;+1/p-1. The van der Waals surface area contributed by atoms with Gasteiger partial charge in [0.25, 0.3) is 0 Å². The van der Waals surface area contributed by atoms with Crippen LogP contribution in [0.3, 0.4) is 0 Å². The first-order valence-electron chi connectivity index (χ1n) is 1.53. The van der Waals surface area contributed by atoms with Crippen molar-refractivity contribution in [3.8, 4) is 0 Å². The van der Waals surface area contributed by atoms with Crippen molar-refractivity contribution < 1.29 is 68.3 Å². The Labute approximate surface area is 87.3 Å². The normalized spacial score (nSPS) is 7.73. The molecule has 0 fully saturated rings. The molecule has 0 aliphatic carbocycles. The SMILES string of the molecule is CC(=O)[O-].[NH4+].[Na+].[O-][Cl+3]([O-])([O-])[O-]. The second kappa shape index (κ2) is 10.6. The van der Waals surface area contributed by atoms with Crippen molar-refractivity contribution in [2.24, 2.45) is 0 Å². The van der Waals surface area contributed by atoms with E-state index in [-0.39, 0.29) is 35.7 Å². The summed E-state index contributed by atoms with van der Waals surface area (Å²) in [5, 5.41) is 8.89. The molecule has 0 aromatic carbocycles. The van der Waals surface area contributed by atoms with Gasteiger partial charge < -0.3 is 16.1 Å². The van der Waals surface area contributed by atoms with Gasteiger partial charge in [-0.2, -0.15) is 0 Å². The molecule has 0 aromatic rings. The fraction of sp³-hybridized carbons (Fsp3) is 0.500. The molecular weight excluding hydrogens is 192 g/mol. The number of carboxylic acid groups (broad SMARTS) is 1. The number of carbonyl (C=O) groups is 1. The van der Waals surface area contributed by atoms with Crippen LogP contribution in [0.25, 0.3) is 0 Å². The summed E-state index contributed by atoms with van der Waals surface area (Å²) in [6, 6.07) is 0. The first-order valence-corrected chi connectivity index (χ1v) is 2.76. The van der Waals surface area contributed by atoms with Gasteiger partial charge >= 0.3 is 29.6 Å². The maximum atomic E-state index is 8.89. The van der Waals surface area contributed by atoms with Crippen LogP contribution >= 0.6 is 0 Å². The molecule has 0 aliphatic heterocycles. The molecule has 9 heteroatoms. The smallest absolute Gasteiger partial charge is 0.550 e. The second-order valence-corrected chi connectivity index (χ2v) is 1.63. The van der Waals surface area contributed by atoms with E-state index in [1.54, 1.807) is 0 Å². The van der Waals surface area contributed by atoms with Crippen LogP contribution in [-0.4, -0.2) is 5.97 Å². The third-order valence-electron chi connectivity index (χ3n) is 0. The molecule has 0 atom stereocenters. The van der Waals surface area contributed by atoms with Crippen molar-refractivity contribution in [3.63, 3.8) is 0 Å². The van der Waals surface area contributed by atoms with Crippen LogP contribution < -0.4 is 59.5 Å². The van der Waals surface area contributed by atoms with E-state index in [4.69, 9.17) is 28.5 Å². The Hall–Kier alpha value is 0.560. The molecule has 0 aromatic heterocycles. The average molecular weight is 200 g/mol. The van der Waals surface area contributed by atoms with Gasteiger partial charge in [0.05, 0.1) is 0 Å². The summed E-state index contributed by atoms with van der Waals surface area (Å²) in [7, 11) is -4.94. The molecule has 7 nitrogen and oxygen atoms in total. The molecule has 0 heterocycles. The van der Waals surface area contributed by atoms with Crippen molar-refractivity contribution in [3.05, 3.63) is 0 Å². The van der Waals surface area contributed by atoms with Gasteiger partial charge in [0.15, 0.2) is 0 Å². The number of aliphatic carboxylic acids is 1. The van der Waals surface area contributed by atoms with Crippen molar-refractivity contribution in [2.75, 3.05) is 0 Å². The Morgan fingerprint density at radius 3 is 1.18 bits per heavy atom. The first kappa shape index (κ1) is 22.6. The summed E-state index contributed by atoms with van der Waals surface area (Å²) in [6.07, 6.45) is 0. The third-order valence-corrected chi connectivity index (χ3v) is 0. The zero-order valence-corrected chi connectivity index (χ0v) is 9.08. The molecule has 4 N–H and O–H groups in total. The monoisotopic (exact) mass is 199 g/mol. The molecule has 0 saturated heterocycles. The molecule has 0 bridgehead atoms. The van der Waals surface area contributed by atoms with Crippen molar-refractivity contribution in [2.45, 2.75) is 6.92 Å². The summed E-state index contributed by atoms with van der Waals surface area (Å²) in [5.74, 6) is -1.08. The molecule has 0 rings (SSSR count). The van der Waals surface area contributed by atoms with E-state index in [1.165, 1.54) is 0 Å². The van der Waals surface area contributed by atoms with Gasteiger partial charge in [-0.25, -0.2) is 18.6 Å². The van der Waals surface area contributed by atoms with Crippen LogP contribution in [0.15, 0.2) is 0 Å². The number of carbonyl (C=O) groups excluding carboxylic acids is 1. The minimum atomic E-state index is -4.94. The van der Waals surface area contributed by atoms with Gasteiger partial charge in [-0.3, -0.25) is 0 Å². The largest absolute Gasteiger partial charge is 1.00 e. The maximum absolute atomic E-state index is 8.89. The average Bonchev–Trinajstić information content (AvgIpc) is 1.19. The van der Waals surface area contributed by atoms with E-state index in [0.29, 0.717) is 0 Å². The van der Waals surface area contributed by atoms with Crippen molar-refractivity contribution >= 4 is 5.97 Å². The molecule has 0 aliphatic rings. The van der Waals surface area contributed by atoms with Gasteiger partial charge in [0.2, 0.25) is 0 Å². The van der Waals surface area contributed by atoms with Crippen LogP contribution in [0.1, 0.15) is 6.92 Å². The maximum Gasteiger partial charge on any atom is 1.00 e. The van der Waals surface area contributed by atoms with Crippen LogP contribution in [0, 0.1) is 10.2 Å². The van der Waals surface area contributed by atoms with E-state index in [0.717, 1.165) is 6.92 Å². The molecule has 0 spiro atoms. The molecule has 0 radical (unpaired) electrons. The van der Waals surface area contributed by atoms with E-state index >= 15 is 0 Å². The summed E-state index contributed by atoms with van der Waals surface area (Å²) in [4.78, 5) is 8.89. The van der Waals surface area contributed by atoms with Crippen molar-refractivity contribution in [1.29, 1.82) is 0 Å². The Bertz CT molecular complexity index is 83.1. The zero-order valence-electron chi connectivity index (χ0n) is 6.33. The number of carboxylic acids is 1. The Morgan fingerprint density at radius 2 is 1.18 bits per heavy atom. The fourth-order valence-corrected chi connectivity index (χ4v) is 0. The van der Waals surface area contributed by atoms with Crippen LogP contribution in [-0.2, 0) is 4.79 Å². The quantitative estimate of drug-likeness (QED) is 0.380. The van der Waals surface area contributed by atoms with Gasteiger partial charge in [-0.15, -0.1) is 10.2 Å². The summed E-state index contributed by atoms with van der Waals surface area (Å²) < 4.78 is 34.0. The number of rotatable bonds is 0. The molecule has 0 saturated carbocycles. The molecule has 0 amide bonds.